The Morgan fingerprint density at radius 2 is 1.75 bits per heavy atom. The summed E-state index contributed by atoms with van der Waals surface area (Å²) in [5.41, 5.74) is 1.98. The summed E-state index contributed by atoms with van der Waals surface area (Å²) in [5, 5.41) is 0.982. The third kappa shape index (κ3) is 3.53. The van der Waals surface area contributed by atoms with Gasteiger partial charge in [-0.3, -0.25) is 4.79 Å². The smallest absolute Gasteiger partial charge is 0.306 e. The number of hydrogen-bond donors (Lipinski definition) is 0. The van der Waals surface area contributed by atoms with Crippen LogP contribution in [0.3, 0.4) is 0 Å². The van der Waals surface area contributed by atoms with Crippen molar-refractivity contribution in [2.24, 2.45) is 0 Å². The first-order chi connectivity index (χ1) is 9.61. The van der Waals surface area contributed by atoms with Crippen molar-refractivity contribution in [2.45, 2.75) is 12.3 Å². The number of halogens is 2. The van der Waals surface area contributed by atoms with Crippen LogP contribution >= 0.6 is 23.2 Å². The highest BCUT2D eigenvalue weighted by Gasteiger charge is 2.19. The van der Waals surface area contributed by atoms with E-state index < -0.39 is 0 Å². The molecule has 1 atom stereocenters. The molecule has 2 aromatic rings. The van der Waals surface area contributed by atoms with Crippen molar-refractivity contribution in [1.29, 1.82) is 0 Å². The predicted molar refractivity (Wildman–Crippen MR) is 81.4 cm³/mol. The van der Waals surface area contributed by atoms with E-state index in [1.807, 2.05) is 36.4 Å². The SMILES string of the molecule is COC(=O)CC(c1ccccc1)c1ccc(Cl)c(Cl)c1. The van der Waals surface area contributed by atoms with Gasteiger partial charge in [-0.15, -0.1) is 0 Å². The number of benzene rings is 2. The zero-order valence-electron chi connectivity index (χ0n) is 11.0. The number of carbonyl (C=O) groups is 1. The zero-order chi connectivity index (χ0) is 14.5. The third-order valence-corrected chi connectivity index (χ3v) is 3.89. The van der Waals surface area contributed by atoms with E-state index in [4.69, 9.17) is 27.9 Å². The lowest BCUT2D eigenvalue weighted by atomic mass is 9.88. The number of ether oxygens (including phenoxy) is 1. The minimum Gasteiger partial charge on any atom is -0.469 e. The minimum absolute atomic E-state index is 0.0987. The maximum atomic E-state index is 11.6. The Balaban J connectivity index is 2.40. The van der Waals surface area contributed by atoms with Gasteiger partial charge in [-0.25, -0.2) is 0 Å². The molecule has 0 saturated heterocycles. The monoisotopic (exact) mass is 308 g/mol. The van der Waals surface area contributed by atoms with Gasteiger partial charge in [0.15, 0.2) is 0 Å². The van der Waals surface area contributed by atoms with Gasteiger partial charge < -0.3 is 4.74 Å². The van der Waals surface area contributed by atoms with E-state index >= 15 is 0 Å². The van der Waals surface area contributed by atoms with Crippen LogP contribution in [0.15, 0.2) is 48.5 Å². The first kappa shape index (κ1) is 14.9. The summed E-state index contributed by atoms with van der Waals surface area (Å²) in [6.07, 6.45) is 0.262. The molecule has 0 bridgehead atoms. The highest BCUT2D eigenvalue weighted by atomic mass is 35.5. The number of methoxy groups -OCH3 is 1. The quantitative estimate of drug-likeness (QED) is 0.766. The predicted octanol–water partition coefficient (Wildman–Crippen LogP) is 4.69. The van der Waals surface area contributed by atoms with Gasteiger partial charge in [-0.2, -0.15) is 0 Å². The Labute approximate surface area is 128 Å². The minimum atomic E-state index is -0.259. The van der Waals surface area contributed by atoms with Crippen LogP contribution in [-0.2, 0) is 9.53 Å². The zero-order valence-corrected chi connectivity index (χ0v) is 12.5. The molecule has 0 fully saturated rings. The second-order valence-corrected chi connectivity index (χ2v) is 5.23. The normalized spacial score (nSPS) is 11.9. The molecule has 20 heavy (non-hydrogen) atoms. The average Bonchev–Trinajstić information content (AvgIpc) is 2.48. The molecular formula is C16H14Cl2O2. The Kier molecular flexibility index (Phi) is 5.05. The molecular weight excluding hydrogens is 295 g/mol. The van der Waals surface area contributed by atoms with Crippen molar-refractivity contribution in [1.82, 2.24) is 0 Å². The van der Waals surface area contributed by atoms with Crippen LogP contribution < -0.4 is 0 Å². The average molecular weight is 309 g/mol. The van der Waals surface area contributed by atoms with Crippen molar-refractivity contribution in [2.75, 3.05) is 7.11 Å². The van der Waals surface area contributed by atoms with Crippen LogP contribution in [0.4, 0.5) is 0 Å². The van der Waals surface area contributed by atoms with Crippen LogP contribution in [0.5, 0.6) is 0 Å². The van der Waals surface area contributed by atoms with Crippen molar-refractivity contribution >= 4 is 29.2 Å². The van der Waals surface area contributed by atoms with Gasteiger partial charge in [-0.1, -0.05) is 59.6 Å². The summed E-state index contributed by atoms with van der Waals surface area (Å²) in [4.78, 5) is 11.6. The van der Waals surface area contributed by atoms with Gasteiger partial charge >= 0.3 is 5.97 Å². The summed E-state index contributed by atoms with van der Waals surface area (Å²) in [5.74, 6) is -0.358. The molecule has 104 valence electrons. The molecule has 0 N–H and O–H groups in total. The van der Waals surface area contributed by atoms with Gasteiger partial charge in [0.25, 0.3) is 0 Å². The van der Waals surface area contributed by atoms with Gasteiger partial charge in [0, 0.05) is 5.92 Å². The van der Waals surface area contributed by atoms with Gasteiger partial charge in [0.1, 0.15) is 0 Å². The maximum Gasteiger partial charge on any atom is 0.306 e. The number of esters is 1. The summed E-state index contributed by atoms with van der Waals surface area (Å²) in [7, 11) is 1.39. The molecule has 0 heterocycles. The Hall–Kier alpha value is -1.51. The molecule has 0 saturated carbocycles. The van der Waals surface area contributed by atoms with Crippen LogP contribution in [-0.4, -0.2) is 13.1 Å². The highest BCUT2D eigenvalue weighted by molar-refractivity contribution is 6.42. The van der Waals surface area contributed by atoms with E-state index in [-0.39, 0.29) is 18.3 Å². The molecule has 0 aliphatic heterocycles. The van der Waals surface area contributed by atoms with E-state index in [1.54, 1.807) is 12.1 Å². The van der Waals surface area contributed by atoms with E-state index in [2.05, 4.69) is 0 Å². The molecule has 2 rings (SSSR count). The lowest BCUT2D eigenvalue weighted by Crippen LogP contribution is -2.10. The van der Waals surface area contributed by atoms with E-state index in [9.17, 15) is 4.79 Å². The van der Waals surface area contributed by atoms with Crippen molar-refractivity contribution in [3.8, 4) is 0 Å². The molecule has 0 aliphatic carbocycles. The lowest BCUT2D eigenvalue weighted by molar-refractivity contribution is -0.140. The first-order valence-electron chi connectivity index (χ1n) is 6.18. The molecule has 4 heteroatoms. The second-order valence-electron chi connectivity index (χ2n) is 4.42. The third-order valence-electron chi connectivity index (χ3n) is 3.15. The topological polar surface area (TPSA) is 26.3 Å². The van der Waals surface area contributed by atoms with Crippen molar-refractivity contribution in [3.05, 3.63) is 69.7 Å². The van der Waals surface area contributed by atoms with Crippen molar-refractivity contribution in [3.63, 3.8) is 0 Å². The maximum absolute atomic E-state index is 11.6. The van der Waals surface area contributed by atoms with Crippen LogP contribution in [0.1, 0.15) is 23.5 Å². The van der Waals surface area contributed by atoms with Crippen molar-refractivity contribution < 1.29 is 9.53 Å². The first-order valence-corrected chi connectivity index (χ1v) is 6.94. The summed E-state index contributed by atoms with van der Waals surface area (Å²) in [6, 6.07) is 15.2. The number of carbonyl (C=O) groups excluding carboxylic acids is 1. The summed E-state index contributed by atoms with van der Waals surface area (Å²) >= 11 is 12.0. The molecule has 2 nitrogen and oxygen atoms in total. The van der Waals surface area contributed by atoms with Crippen LogP contribution in [0, 0.1) is 0 Å². The van der Waals surface area contributed by atoms with Gasteiger partial charge in [-0.05, 0) is 23.3 Å². The molecule has 0 spiro atoms. The molecule has 2 aromatic carbocycles. The van der Waals surface area contributed by atoms with E-state index in [0.717, 1.165) is 11.1 Å². The molecule has 0 aliphatic rings. The highest BCUT2D eigenvalue weighted by Crippen LogP contribution is 2.32. The Bertz CT molecular complexity index is 597. The van der Waals surface area contributed by atoms with Crippen LogP contribution in [0.25, 0.3) is 0 Å². The van der Waals surface area contributed by atoms with Gasteiger partial charge in [0.05, 0.1) is 23.6 Å². The van der Waals surface area contributed by atoms with E-state index in [1.165, 1.54) is 7.11 Å². The largest absolute Gasteiger partial charge is 0.469 e. The van der Waals surface area contributed by atoms with E-state index in [0.29, 0.717) is 10.0 Å². The fraction of sp³-hybridized carbons (Fsp3) is 0.188. The molecule has 0 radical (unpaired) electrons. The summed E-state index contributed by atoms with van der Waals surface area (Å²) in [6.45, 7) is 0. The number of hydrogen-bond acceptors (Lipinski definition) is 2. The molecule has 0 amide bonds. The fourth-order valence-corrected chi connectivity index (χ4v) is 2.40. The standard InChI is InChI=1S/C16H14Cl2O2/c1-20-16(19)10-13(11-5-3-2-4-6-11)12-7-8-14(17)15(18)9-12/h2-9,13H,10H2,1H3. The number of rotatable bonds is 4. The van der Waals surface area contributed by atoms with Gasteiger partial charge in [0.2, 0.25) is 0 Å². The fourth-order valence-electron chi connectivity index (χ4n) is 2.09. The Morgan fingerprint density at radius 3 is 2.35 bits per heavy atom. The Morgan fingerprint density at radius 1 is 1.05 bits per heavy atom. The molecule has 0 aromatic heterocycles. The van der Waals surface area contributed by atoms with Crippen LogP contribution in [0.2, 0.25) is 10.0 Å². The lowest BCUT2D eigenvalue weighted by Gasteiger charge is -2.17. The summed E-state index contributed by atoms with van der Waals surface area (Å²) < 4.78 is 4.78. The second kappa shape index (κ2) is 6.78. The molecule has 1 unspecified atom stereocenters.